The van der Waals surface area contributed by atoms with Gasteiger partial charge in [0, 0.05) is 18.8 Å². The van der Waals surface area contributed by atoms with Crippen molar-refractivity contribution in [2.75, 3.05) is 31.2 Å². The largest absolute Gasteiger partial charge is 0.469 e. The molecule has 1 aromatic carbocycles. The average Bonchev–Trinajstić information content (AvgIpc) is 2.52. The van der Waals surface area contributed by atoms with E-state index in [0.29, 0.717) is 37.2 Å². The first-order valence-electron chi connectivity index (χ1n) is 7.35. The van der Waals surface area contributed by atoms with E-state index in [4.69, 9.17) is 16.3 Å². The highest BCUT2D eigenvalue weighted by atomic mass is 35.5. The molecule has 0 aromatic heterocycles. The van der Waals surface area contributed by atoms with Gasteiger partial charge in [0.05, 0.1) is 29.9 Å². The van der Waals surface area contributed by atoms with Gasteiger partial charge in [-0.25, -0.2) is 8.42 Å². The van der Waals surface area contributed by atoms with Gasteiger partial charge in [-0.2, -0.15) is 0 Å². The lowest BCUT2D eigenvalue weighted by Crippen LogP contribution is -2.40. The van der Waals surface area contributed by atoms with Crippen molar-refractivity contribution >= 4 is 39.2 Å². The minimum Gasteiger partial charge on any atom is -0.469 e. The number of anilines is 1. The maximum Gasteiger partial charge on any atom is 0.308 e. The Balaban J connectivity index is 2.07. The van der Waals surface area contributed by atoms with Crippen molar-refractivity contribution in [2.24, 2.45) is 5.92 Å². The van der Waals surface area contributed by atoms with E-state index in [-0.39, 0.29) is 22.8 Å². The summed E-state index contributed by atoms with van der Waals surface area (Å²) < 4.78 is 29.5. The summed E-state index contributed by atoms with van der Waals surface area (Å²) >= 11 is 6.12. The molecule has 0 radical (unpaired) electrons. The third kappa shape index (κ3) is 4.61. The number of nitrogens with one attached hydrogen (secondary N) is 1. The molecule has 1 aliphatic rings. The van der Waals surface area contributed by atoms with E-state index < -0.39 is 10.0 Å². The summed E-state index contributed by atoms with van der Waals surface area (Å²) in [6.07, 6.45) is 2.12. The van der Waals surface area contributed by atoms with Crippen LogP contribution in [0, 0.1) is 5.92 Å². The van der Waals surface area contributed by atoms with E-state index >= 15 is 0 Å². The number of carbonyl (C=O) groups excluding carboxylic acids is 2. The van der Waals surface area contributed by atoms with Crippen LogP contribution in [0.4, 0.5) is 5.69 Å². The fourth-order valence-corrected chi connectivity index (χ4v) is 3.44. The molecular weight excluding hydrogens is 356 g/mol. The molecule has 24 heavy (non-hydrogen) atoms. The van der Waals surface area contributed by atoms with Crippen LogP contribution in [0.1, 0.15) is 23.2 Å². The second-order valence-electron chi connectivity index (χ2n) is 5.66. The molecule has 132 valence electrons. The normalized spacial score (nSPS) is 15.9. The molecule has 7 nitrogen and oxygen atoms in total. The number of nitrogens with zero attached hydrogens (tertiary/aromatic N) is 1. The highest BCUT2D eigenvalue weighted by Gasteiger charge is 2.29. The standard InChI is InChI=1S/C15H19ClN2O5S/c1-23-15(20)10-5-7-18(8-6-10)14(19)12-4-3-11(9-13(12)16)17-24(2,21)22/h3-4,9-10,17H,5-8H2,1-2H3. The maximum atomic E-state index is 12.5. The van der Waals surface area contributed by atoms with Crippen LogP contribution < -0.4 is 4.72 Å². The fraction of sp³-hybridized carbons (Fsp3) is 0.467. The van der Waals surface area contributed by atoms with E-state index in [0.717, 1.165) is 6.26 Å². The number of halogens is 1. The number of methoxy groups -OCH3 is 1. The number of rotatable bonds is 4. The number of amides is 1. The quantitative estimate of drug-likeness (QED) is 0.810. The van der Waals surface area contributed by atoms with Crippen molar-refractivity contribution < 1.29 is 22.7 Å². The van der Waals surface area contributed by atoms with Crippen molar-refractivity contribution in [2.45, 2.75) is 12.8 Å². The van der Waals surface area contributed by atoms with Gasteiger partial charge in [0.25, 0.3) is 5.91 Å². The molecule has 0 bridgehead atoms. The van der Waals surface area contributed by atoms with Crippen LogP contribution in [0.15, 0.2) is 18.2 Å². The van der Waals surface area contributed by atoms with Crippen LogP contribution in [-0.2, 0) is 19.6 Å². The molecule has 1 N–H and O–H groups in total. The molecule has 0 saturated carbocycles. The third-order valence-corrected chi connectivity index (χ3v) is 4.74. The van der Waals surface area contributed by atoms with Crippen LogP contribution >= 0.6 is 11.6 Å². The Morgan fingerprint density at radius 2 is 1.92 bits per heavy atom. The third-order valence-electron chi connectivity index (χ3n) is 3.82. The molecule has 2 rings (SSSR count). The first kappa shape index (κ1) is 18.5. The topological polar surface area (TPSA) is 92.8 Å². The zero-order valence-electron chi connectivity index (χ0n) is 13.4. The predicted octanol–water partition coefficient (Wildman–Crippen LogP) is 1.74. The minimum atomic E-state index is -3.41. The molecule has 0 atom stereocenters. The number of sulfonamides is 1. The van der Waals surface area contributed by atoms with Gasteiger partial charge in [-0.05, 0) is 31.0 Å². The lowest BCUT2D eigenvalue weighted by molar-refractivity contribution is -0.146. The van der Waals surface area contributed by atoms with Crippen molar-refractivity contribution in [1.29, 1.82) is 0 Å². The summed E-state index contributed by atoms with van der Waals surface area (Å²) in [5.41, 5.74) is 0.593. The van der Waals surface area contributed by atoms with Crippen LogP contribution in [0.25, 0.3) is 0 Å². The van der Waals surface area contributed by atoms with Gasteiger partial charge >= 0.3 is 5.97 Å². The van der Waals surface area contributed by atoms with Gasteiger partial charge < -0.3 is 9.64 Å². The number of hydrogen-bond donors (Lipinski definition) is 1. The molecule has 0 unspecified atom stereocenters. The van der Waals surface area contributed by atoms with Crippen LogP contribution in [-0.4, -0.2) is 51.6 Å². The Hall–Kier alpha value is -1.80. The Labute approximate surface area is 146 Å². The molecule has 0 aliphatic carbocycles. The zero-order valence-corrected chi connectivity index (χ0v) is 15.0. The fourth-order valence-electron chi connectivity index (χ4n) is 2.62. The molecule has 0 spiro atoms. The summed E-state index contributed by atoms with van der Waals surface area (Å²) in [6.45, 7) is 0.885. The van der Waals surface area contributed by atoms with Gasteiger partial charge in [-0.1, -0.05) is 11.6 Å². The lowest BCUT2D eigenvalue weighted by Gasteiger charge is -2.31. The molecular formula is C15H19ClN2O5S. The van der Waals surface area contributed by atoms with Crippen molar-refractivity contribution in [3.05, 3.63) is 28.8 Å². The summed E-state index contributed by atoms with van der Waals surface area (Å²) in [7, 11) is -2.06. The number of piperidine rings is 1. The highest BCUT2D eigenvalue weighted by Crippen LogP contribution is 2.25. The number of likely N-dealkylation sites (tertiary alicyclic amines) is 1. The van der Waals surface area contributed by atoms with Crippen LogP contribution in [0.5, 0.6) is 0 Å². The van der Waals surface area contributed by atoms with E-state index in [2.05, 4.69) is 4.72 Å². The van der Waals surface area contributed by atoms with Gasteiger partial charge in [-0.3, -0.25) is 14.3 Å². The zero-order chi connectivity index (χ0) is 17.9. The van der Waals surface area contributed by atoms with E-state index in [9.17, 15) is 18.0 Å². The predicted molar refractivity (Wildman–Crippen MR) is 90.6 cm³/mol. The lowest BCUT2D eigenvalue weighted by atomic mass is 9.96. The molecule has 9 heteroatoms. The second-order valence-corrected chi connectivity index (χ2v) is 7.81. The van der Waals surface area contributed by atoms with Gasteiger partial charge in [-0.15, -0.1) is 0 Å². The average molecular weight is 375 g/mol. The van der Waals surface area contributed by atoms with Crippen molar-refractivity contribution in [1.82, 2.24) is 4.90 Å². The first-order chi connectivity index (χ1) is 11.2. The van der Waals surface area contributed by atoms with E-state index in [1.807, 2.05) is 0 Å². The smallest absolute Gasteiger partial charge is 0.308 e. The highest BCUT2D eigenvalue weighted by molar-refractivity contribution is 7.92. The Bertz CT molecular complexity index is 742. The summed E-state index contributed by atoms with van der Waals surface area (Å²) in [4.78, 5) is 25.7. The maximum absolute atomic E-state index is 12.5. The monoisotopic (exact) mass is 374 g/mol. The number of carbonyl (C=O) groups is 2. The van der Waals surface area contributed by atoms with Gasteiger partial charge in [0.2, 0.25) is 10.0 Å². The molecule has 1 fully saturated rings. The minimum absolute atomic E-state index is 0.170. The summed E-state index contributed by atoms with van der Waals surface area (Å²) in [5.74, 6) is -0.679. The molecule has 1 amide bonds. The van der Waals surface area contributed by atoms with Crippen molar-refractivity contribution in [3.63, 3.8) is 0 Å². The molecule has 1 heterocycles. The Kier molecular flexibility index (Phi) is 5.71. The van der Waals surface area contributed by atoms with Gasteiger partial charge in [0.1, 0.15) is 0 Å². The summed E-state index contributed by atoms with van der Waals surface area (Å²) in [6, 6.07) is 4.38. The first-order valence-corrected chi connectivity index (χ1v) is 9.62. The Morgan fingerprint density at radius 1 is 1.29 bits per heavy atom. The van der Waals surface area contributed by atoms with E-state index in [1.54, 1.807) is 4.90 Å². The van der Waals surface area contributed by atoms with Crippen LogP contribution in [0.2, 0.25) is 5.02 Å². The number of hydrogen-bond acceptors (Lipinski definition) is 5. The number of ether oxygens (including phenoxy) is 1. The van der Waals surface area contributed by atoms with E-state index in [1.165, 1.54) is 25.3 Å². The van der Waals surface area contributed by atoms with Gasteiger partial charge in [0.15, 0.2) is 0 Å². The number of benzene rings is 1. The molecule has 1 saturated heterocycles. The molecule has 1 aromatic rings. The Morgan fingerprint density at radius 3 is 2.42 bits per heavy atom. The van der Waals surface area contributed by atoms with Crippen molar-refractivity contribution in [3.8, 4) is 0 Å². The second kappa shape index (κ2) is 7.40. The molecule has 1 aliphatic heterocycles. The number of esters is 1. The summed E-state index contributed by atoms with van der Waals surface area (Å²) in [5, 5.41) is 0.170. The van der Waals surface area contributed by atoms with Crippen LogP contribution in [0.3, 0.4) is 0 Å². The SMILES string of the molecule is COC(=O)C1CCN(C(=O)c2ccc(NS(C)(=O)=O)cc2Cl)CC1.